The lowest BCUT2D eigenvalue weighted by atomic mass is 9.98. The van der Waals surface area contributed by atoms with Crippen LogP contribution in [0, 0.1) is 0 Å². The summed E-state index contributed by atoms with van der Waals surface area (Å²) in [4.78, 5) is 43.5. The van der Waals surface area contributed by atoms with E-state index in [9.17, 15) is 14.4 Å². The lowest BCUT2D eigenvalue weighted by Crippen LogP contribution is -2.55. The number of rotatable bonds is 9. The van der Waals surface area contributed by atoms with Gasteiger partial charge < -0.3 is 20.4 Å². The number of benzene rings is 3. The molecule has 1 aliphatic heterocycles. The maximum absolute atomic E-state index is 14.1. The fourth-order valence-electron chi connectivity index (χ4n) is 5.10. The molecule has 1 saturated heterocycles. The second kappa shape index (κ2) is 13.2. The zero-order chi connectivity index (χ0) is 27.8. The number of carbonyl (C=O) groups excluding carboxylic acids is 3. The van der Waals surface area contributed by atoms with E-state index < -0.39 is 12.1 Å². The third kappa shape index (κ3) is 7.12. The molecule has 1 heterocycles. The standard InChI is InChI=1S/C32H38N4O3/c1-33-31(38)28(20-23-9-5-4-6-10-23)36(3)32(39)29(35(2)30(37)22-24-15-17-34-18-16-24)21-25-13-14-26-11-7-8-12-27(26)19-25/h4-14,19,22,28-29,34H,15-18,20-21H2,1-3H3,(H,33,38)/t28-,29+/m1/s1. The van der Waals surface area contributed by atoms with E-state index in [1.54, 1.807) is 27.2 Å². The molecular formula is C32H38N4O3. The van der Waals surface area contributed by atoms with Crippen LogP contribution in [0.5, 0.6) is 0 Å². The summed E-state index contributed by atoms with van der Waals surface area (Å²) in [7, 11) is 4.91. The van der Waals surface area contributed by atoms with E-state index in [0.717, 1.165) is 53.4 Å². The van der Waals surface area contributed by atoms with E-state index >= 15 is 0 Å². The van der Waals surface area contributed by atoms with E-state index in [2.05, 4.69) is 16.7 Å². The van der Waals surface area contributed by atoms with Crippen molar-refractivity contribution in [3.05, 3.63) is 95.6 Å². The van der Waals surface area contributed by atoms with Crippen LogP contribution in [0.3, 0.4) is 0 Å². The smallest absolute Gasteiger partial charge is 0.246 e. The van der Waals surface area contributed by atoms with Crippen molar-refractivity contribution in [1.82, 2.24) is 20.4 Å². The van der Waals surface area contributed by atoms with E-state index in [-0.39, 0.29) is 17.7 Å². The second-order valence-corrected chi connectivity index (χ2v) is 10.2. The lowest BCUT2D eigenvalue weighted by Gasteiger charge is -2.34. The van der Waals surface area contributed by atoms with Gasteiger partial charge in [0.2, 0.25) is 17.7 Å². The molecule has 2 N–H and O–H groups in total. The normalized spacial score (nSPS) is 14.8. The van der Waals surface area contributed by atoms with Gasteiger partial charge >= 0.3 is 0 Å². The predicted molar refractivity (Wildman–Crippen MR) is 155 cm³/mol. The van der Waals surface area contributed by atoms with Gasteiger partial charge in [0.25, 0.3) is 0 Å². The number of nitrogens with one attached hydrogen (secondary N) is 2. The van der Waals surface area contributed by atoms with Gasteiger partial charge in [-0.15, -0.1) is 0 Å². The largest absolute Gasteiger partial charge is 0.357 e. The molecule has 3 aromatic rings. The van der Waals surface area contributed by atoms with Crippen molar-refractivity contribution in [2.24, 2.45) is 0 Å². The molecule has 7 nitrogen and oxygen atoms in total. The first-order valence-electron chi connectivity index (χ1n) is 13.5. The SMILES string of the molecule is CNC(=O)[C@@H](Cc1ccccc1)N(C)C(=O)[C@H](Cc1ccc2ccccc2c1)N(C)C(=O)C=C1CCNCC1. The predicted octanol–water partition coefficient (Wildman–Crippen LogP) is 3.33. The van der Waals surface area contributed by atoms with Crippen molar-refractivity contribution in [1.29, 1.82) is 0 Å². The van der Waals surface area contributed by atoms with Gasteiger partial charge in [0.1, 0.15) is 12.1 Å². The fraction of sp³-hybridized carbons (Fsp3) is 0.344. The van der Waals surface area contributed by atoms with Gasteiger partial charge in [0.05, 0.1) is 0 Å². The Kier molecular flexibility index (Phi) is 9.49. The summed E-state index contributed by atoms with van der Waals surface area (Å²) in [5.41, 5.74) is 2.99. The highest BCUT2D eigenvalue weighted by atomic mass is 16.2. The highest BCUT2D eigenvalue weighted by molar-refractivity contribution is 5.95. The lowest BCUT2D eigenvalue weighted by molar-refractivity contribution is -0.146. The number of carbonyl (C=O) groups is 3. The summed E-state index contributed by atoms with van der Waals surface area (Å²) < 4.78 is 0. The Labute approximate surface area is 230 Å². The zero-order valence-corrected chi connectivity index (χ0v) is 23.0. The van der Waals surface area contributed by atoms with Crippen LogP contribution in [0.2, 0.25) is 0 Å². The van der Waals surface area contributed by atoms with Crippen molar-refractivity contribution in [2.45, 2.75) is 37.8 Å². The number of amides is 3. The van der Waals surface area contributed by atoms with Gasteiger partial charge in [0.15, 0.2) is 0 Å². The van der Waals surface area contributed by atoms with E-state index in [4.69, 9.17) is 0 Å². The van der Waals surface area contributed by atoms with Crippen LogP contribution < -0.4 is 10.6 Å². The molecule has 0 spiro atoms. The van der Waals surface area contributed by atoms with Gasteiger partial charge in [-0.25, -0.2) is 0 Å². The molecule has 1 aliphatic rings. The molecule has 204 valence electrons. The number of likely N-dealkylation sites (N-methyl/N-ethyl adjacent to an activating group) is 3. The minimum absolute atomic E-state index is 0.195. The van der Waals surface area contributed by atoms with Crippen molar-refractivity contribution in [3.8, 4) is 0 Å². The average Bonchev–Trinajstić information content (AvgIpc) is 2.98. The molecule has 0 bridgehead atoms. The summed E-state index contributed by atoms with van der Waals surface area (Å²) in [6.45, 7) is 1.69. The van der Waals surface area contributed by atoms with Gasteiger partial charge in [0, 0.05) is 40.1 Å². The number of piperidine rings is 1. The van der Waals surface area contributed by atoms with E-state index in [1.165, 1.54) is 9.80 Å². The maximum Gasteiger partial charge on any atom is 0.246 e. The molecule has 7 heteroatoms. The first kappa shape index (κ1) is 28.0. The summed E-state index contributed by atoms with van der Waals surface area (Å²) in [6.07, 6.45) is 4.03. The summed E-state index contributed by atoms with van der Waals surface area (Å²) in [5.74, 6) is -0.712. The summed E-state index contributed by atoms with van der Waals surface area (Å²) in [6, 6.07) is 22.4. The molecule has 0 radical (unpaired) electrons. The minimum Gasteiger partial charge on any atom is -0.357 e. The number of nitrogens with zero attached hydrogens (tertiary/aromatic N) is 2. The molecule has 0 aliphatic carbocycles. The molecular weight excluding hydrogens is 488 g/mol. The van der Waals surface area contributed by atoms with Gasteiger partial charge in [-0.3, -0.25) is 14.4 Å². The van der Waals surface area contributed by atoms with Gasteiger partial charge in [-0.1, -0.05) is 78.4 Å². The second-order valence-electron chi connectivity index (χ2n) is 10.2. The zero-order valence-electron chi connectivity index (χ0n) is 23.0. The minimum atomic E-state index is -0.773. The van der Waals surface area contributed by atoms with Crippen LogP contribution in [0.4, 0.5) is 0 Å². The first-order chi connectivity index (χ1) is 18.9. The van der Waals surface area contributed by atoms with Crippen LogP contribution in [0.1, 0.15) is 24.0 Å². The first-order valence-corrected chi connectivity index (χ1v) is 13.5. The molecule has 0 unspecified atom stereocenters. The van der Waals surface area contributed by atoms with Crippen molar-refractivity contribution in [2.75, 3.05) is 34.2 Å². The fourth-order valence-corrected chi connectivity index (χ4v) is 5.10. The molecule has 4 rings (SSSR count). The molecule has 2 atom stereocenters. The molecule has 39 heavy (non-hydrogen) atoms. The van der Waals surface area contributed by atoms with Crippen LogP contribution in [-0.4, -0.2) is 73.8 Å². The number of fused-ring (bicyclic) bond motifs is 1. The van der Waals surface area contributed by atoms with Crippen molar-refractivity contribution < 1.29 is 14.4 Å². The Bertz CT molecular complexity index is 1330. The monoisotopic (exact) mass is 526 g/mol. The topological polar surface area (TPSA) is 81.8 Å². The van der Waals surface area contributed by atoms with Crippen LogP contribution in [0.15, 0.2) is 84.4 Å². The number of hydrogen-bond donors (Lipinski definition) is 2. The summed E-state index contributed by atoms with van der Waals surface area (Å²) >= 11 is 0. The van der Waals surface area contributed by atoms with Crippen LogP contribution in [-0.2, 0) is 27.2 Å². The highest BCUT2D eigenvalue weighted by Gasteiger charge is 2.34. The van der Waals surface area contributed by atoms with Crippen molar-refractivity contribution in [3.63, 3.8) is 0 Å². The highest BCUT2D eigenvalue weighted by Crippen LogP contribution is 2.20. The van der Waals surface area contributed by atoms with E-state index in [1.807, 2.05) is 66.7 Å². The Morgan fingerprint density at radius 3 is 2.15 bits per heavy atom. The van der Waals surface area contributed by atoms with Gasteiger partial charge in [-0.2, -0.15) is 0 Å². The molecule has 1 fully saturated rings. The molecule has 3 aromatic carbocycles. The Balaban J connectivity index is 1.64. The Morgan fingerprint density at radius 1 is 0.821 bits per heavy atom. The molecule has 0 saturated carbocycles. The maximum atomic E-state index is 14.1. The number of hydrogen-bond acceptors (Lipinski definition) is 4. The Hall–Kier alpha value is -3.97. The van der Waals surface area contributed by atoms with Crippen LogP contribution >= 0.6 is 0 Å². The van der Waals surface area contributed by atoms with Crippen molar-refractivity contribution >= 4 is 28.5 Å². The van der Waals surface area contributed by atoms with Crippen LogP contribution in [0.25, 0.3) is 10.8 Å². The van der Waals surface area contributed by atoms with Gasteiger partial charge in [-0.05, 0) is 47.8 Å². The molecule has 0 aromatic heterocycles. The quantitative estimate of drug-likeness (QED) is 0.419. The Morgan fingerprint density at radius 2 is 1.46 bits per heavy atom. The average molecular weight is 527 g/mol. The van der Waals surface area contributed by atoms with E-state index in [0.29, 0.717) is 12.8 Å². The third-order valence-electron chi connectivity index (χ3n) is 7.55. The molecule has 3 amide bonds. The third-order valence-corrected chi connectivity index (χ3v) is 7.55. The summed E-state index contributed by atoms with van der Waals surface area (Å²) in [5, 5.41) is 8.20.